The second-order valence-corrected chi connectivity index (χ2v) is 11.1. The zero-order chi connectivity index (χ0) is 27.7. The Kier molecular flexibility index (Phi) is 13.8. The van der Waals surface area contributed by atoms with E-state index in [0.717, 1.165) is 24.5 Å². The van der Waals surface area contributed by atoms with E-state index in [0.29, 0.717) is 29.4 Å². The molecule has 1 aromatic rings. The monoisotopic (exact) mass is 532 g/mol. The van der Waals surface area contributed by atoms with E-state index in [-0.39, 0.29) is 0 Å². The van der Waals surface area contributed by atoms with E-state index in [1.165, 1.54) is 89.0 Å². The van der Waals surface area contributed by atoms with Crippen LogP contribution in [-0.2, 0) is 9.78 Å². The van der Waals surface area contributed by atoms with Gasteiger partial charge in [0.2, 0.25) is 0 Å². The first-order chi connectivity index (χ1) is 19.1. The van der Waals surface area contributed by atoms with Gasteiger partial charge in [0.25, 0.3) is 0 Å². The molecule has 0 bridgehead atoms. The van der Waals surface area contributed by atoms with Gasteiger partial charge in [0.15, 0.2) is 5.76 Å². The van der Waals surface area contributed by atoms with Crippen molar-refractivity contribution < 1.29 is 19.3 Å². The molecule has 0 amide bonds. The van der Waals surface area contributed by atoms with E-state index in [4.69, 9.17) is 20.9 Å². The van der Waals surface area contributed by atoms with E-state index in [1.807, 2.05) is 12.2 Å². The van der Waals surface area contributed by atoms with Gasteiger partial charge in [0, 0.05) is 0 Å². The van der Waals surface area contributed by atoms with Gasteiger partial charge in [-0.15, -0.1) is 6.42 Å². The highest BCUT2D eigenvalue weighted by molar-refractivity contribution is 5.89. The molecule has 1 fully saturated rings. The number of terminal acetylenes is 1. The summed E-state index contributed by atoms with van der Waals surface area (Å²) in [5.74, 6) is 4.80. The minimum atomic E-state index is -0.563. The molecule has 0 heterocycles. The molecule has 0 aliphatic heterocycles. The second kappa shape index (κ2) is 17.6. The van der Waals surface area contributed by atoms with Crippen LogP contribution in [0.4, 0.5) is 0 Å². The molecule has 0 saturated heterocycles. The number of carbonyl (C=O) groups is 1. The lowest BCUT2D eigenvalue weighted by molar-refractivity contribution is -0.202. The summed E-state index contributed by atoms with van der Waals surface area (Å²) in [5, 5.41) is 0. The number of hydrogen-bond donors (Lipinski definition) is 0. The molecule has 4 nitrogen and oxygen atoms in total. The van der Waals surface area contributed by atoms with Gasteiger partial charge in [-0.3, -0.25) is 4.89 Å². The molecule has 3 rings (SSSR count). The van der Waals surface area contributed by atoms with E-state index in [1.54, 1.807) is 24.3 Å². The van der Waals surface area contributed by atoms with Crippen LogP contribution < -0.4 is 4.74 Å². The van der Waals surface area contributed by atoms with Gasteiger partial charge in [-0.05, 0) is 92.4 Å². The summed E-state index contributed by atoms with van der Waals surface area (Å²) in [6.45, 7) is 5.18. The highest BCUT2D eigenvalue weighted by Crippen LogP contribution is 2.34. The van der Waals surface area contributed by atoms with Crippen LogP contribution in [0.15, 0.2) is 59.4 Å². The number of ether oxygens (including phenoxy) is 1. The molecule has 4 heteroatoms. The largest absolute Gasteiger partial charge is 0.494 e. The molecular weight excluding hydrogens is 484 g/mol. The van der Waals surface area contributed by atoms with Crippen LogP contribution in [0, 0.1) is 24.2 Å². The van der Waals surface area contributed by atoms with Crippen LogP contribution in [0.1, 0.15) is 121 Å². The summed E-state index contributed by atoms with van der Waals surface area (Å²) in [4.78, 5) is 23.0. The predicted molar refractivity (Wildman–Crippen MR) is 159 cm³/mol. The lowest BCUT2D eigenvalue weighted by Gasteiger charge is -2.27. The van der Waals surface area contributed by atoms with Crippen LogP contribution in [-0.4, -0.2) is 12.6 Å². The van der Waals surface area contributed by atoms with Crippen LogP contribution in [0.2, 0.25) is 0 Å². The highest BCUT2D eigenvalue weighted by Gasteiger charge is 2.21. The van der Waals surface area contributed by atoms with Gasteiger partial charge >= 0.3 is 5.97 Å². The molecule has 0 aromatic heterocycles. The van der Waals surface area contributed by atoms with Gasteiger partial charge < -0.3 is 4.74 Å². The molecule has 0 radical (unpaired) electrons. The van der Waals surface area contributed by atoms with Gasteiger partial charge in [-0.1, -0.05) is 83.6 Å². The molecule has 0 unspecified atom stereocenters. The number of benzene rings is 1. The molecule has 39 heavy (non-hydrogen) atoms. The van der Waals surface area contributed by atoms with Gasteiger partial charge in [0.1, 0.15) is 5.75 Å². The molecule has 0 N–H and O–H groups in total. The SMILES string of the molecule is C#CC1=CC(=C[C@H]2CC[C@H](CCCCC)CC2)CC=C1OOC(=O)c1ccc(OCCCCCCCC)cc1. The van der Waals surface area contributed by atoms with Crippen molar-refractivity contribution in [1.29, 1.82) is 0 Å². The van der Waals surface area contributed by atoms with Crippen LogP contribution in [0.25, 0.3) is 0 Å². The van der Waals surface area contributed by atoms with E-state index in [9.17, 15) is 4.79 Å². The third-order valence-corrected chi connectivity index (χ3v) is 7.89. The Morgan fingerprint density at radius 3 is 2.36 bits per heavy atom. The van der Waals surface area contributed by atoms with E-state index in [2.05, 4.69) is 25.8 Å². The molecular formula is C35H48O4. The number of allylic oxidation sites excluding steroid dienone is 5. The Labute approximate surface area is 236 Å². The third kappa shape index (κ3) is 11.0. The topological polar surface area (TPSA) is 44.8 Å². The average Bonchev–Trinajstić information content (AvgIpc) is 2.97. The Bertz CT molecular complexity index is 1000. The predicted octanol–water partition coefficient (Wildman–Crippen LogP) is 9.67. The molecule has 1 saturated carbocycles. The summed E-state index contributed by atoms with van der Waals surface area (Å²) < 4.78 is 5.79. The zero-order valence-electron chi connectivity index (χ0n) is 24.2. The van der Waals surface area contributed by atoms with Crippen molar-refractivity contribution in [3.8, 4) is 18.1 Å². The Hall–Kier alpha value is -2.93. The zero-order valence-corrected chi connectivity index (χ0v) is 24.2. The second-order valence-electron chi connectivity index (χ2n) is 11.1. The van der Waals surface area contributed by atoms with Crippen molar-refractivity contribution in [3.05, 3.63) is 65.0 Å². The maximum absolute atomic E-state index is 12.5. The van der Waals surface area contributed by atoms with Crippen LogP contribution in [0.5, 0.6) is 5.75 Å². The Morgan fingerprint density at radius 2 is 1.64 bits per heavy atom. The van der Waals surface area contributed by atoms with Crippen molar-refractivity contribution in [2.45, 2.75) is 110 Å². The Balaban J connectivity index is 1.40. The molecule has 1 aromatic carbocycles. The normalized spacial score (nSPS) is 20.1. The molecule has 0 spiro atoms. The van der Waals surface area contributed by atoms with Gasteiger partial charge in [-0.2, -0.15) is 0 Å². The highest BCUT2D eigenvalue weighted by atomic mass is 17.2. The van der Waals surface area contributed by atoms with Crippen LogP contribution >= 0.6 is 0 Å². The van der Waals surface area contributed by atoms with Crippen LogP contribution in [0.3, 0.4) is 0 Å². The standard InChI is InChI=1S/C35H48O4/c1-4-7-9-10-11-13-25-37-33-22-20-32(21-23-33)35(36)39-38-34-24-19-30(27-31(34)6-3)26-29-17-15-28(16-18-29)14-12-8-5-2/h3,20-24,26-29H,4-5,7-19,25H2,1-2H3/t28-,29-. The first kappa shape index (κ1) is 30.6. The maximum atomic E-state index is 12.5. The summed E-state index contributed by atoms with van der Waals surface area (Å²) in [6.07, 6.45) is 30.7. The fraction of sp³-hybridized carbons (Fsp3) is 0.571. The van der Waals surface area contributed by atoms with E-state index >= 15 is 0 Å². The van der Waals surface area contributed by atoms with Crippen molar-refractivity contribution >= 4 is 5.97 Å². The Morgan fingerprint density at radius 1 is 0.949 bits per heavy atom. The van der Waals surface area contributed by atoms with Crippen molar-refractivity contribution in [1.82, 2.24) is 0 Å². The first-order valence-corrected chi connectivity index (χ1v) is 15.3. The summed E-state index contributed by atoms with van der Waals surface area (Å²) in [5.41, 5.74) is 2.22. The molecule has 212 valence electrons. The number of hydrogen-bond acceptors (Lipinski definition) is 4. The first-order valence-electron chi connectivity index (χ1n) is 15.3. The minimum absolute atomic E-state index is 0.399. The lowest BCUT2D eigenvalue weighted by Crippen LogP contribution is -2.14. The number of rotatable bonds is 16. The fourth-order valence-electron chi connectivity index (χ4n) is 5.46. The molecule has 2 aliphatic rings. The number of unbranched alkanes of at least 4 members (excludes halogenated alkanes) is 7. The quantitative estimate of drug-likeness (QED) is 0.0920. The van der Waals surface area contributed by atoms with Crippen molar-refractivity contribution in [2.75, 3.05) is 6.61 Å². The molecule has 2 aliphatic carbocycles. The summed E-state index contributed by atoms with van der Waals surface area (Å²) in [6, 6.07) is 6.95. The maximum Gasteiger partial charge on any atom is 0.386 e. The molecule has 0 atom stereocenters. The average molecular weight is 533 g/mol. The van der Waals surface area contributed by atoms with Crippen molar-refractivity contribution in [2.24, 2.45) is 11.8 Å². The van der Waals surface area contributed by atoms with Gasteiger partial charge in [0.05, 0.1) is 17.7 Å². The van der Waals surface area contributed by atoms with Crippen molar-refractivity contribution in [3.63, 3.8) is 0 Å². The number of carbonyl (C=O) groups excluding carboxylic acids is 1. The minimum Gasteiger partial charge on any atom is -0.494 e. The summed E-state index contributed by atoms with van der Waals surface area (Å²) in [7, 11) is 0. The van der Waals surface area contributed by atoms with Gasteiger partial charge in [-0.25, -0.2) is 9.68 Å². The lowest BCUT2D eigenvalue weighted by atomic mass is 9.78. The van der Waals surface area contributed by atoms with E-state index < -0.39 is 5.97 Å². The summed E-state index contributed by atoms with van der Waals surface area (Å²) >= 11 is 0. The smallest absolute Gasteiger partial charge is 0.386 e. The fourth-order valence-corrected chi connectivity index (χ4v) is 5.46. The third-order valence-electron chi connectivity index (χ3n) is 7.89.